The minimum absolute atomic E-state index is 0.0636. The van der Waals surface area contributed by atoms with Crippen molar-refractivity contribution < 1.29 is 4.92 Å². The van der Waals surface area contributed by atoms with Gasteiger partial charge in [0.2, 0.25) is 0 Å². The predicted molar refractivity (Wildman–Crippen MR) is 123 cm³/mol. The standard InChI is InChI=1S/C21H16ClN5O4S/c1-25-18-16(20(28)26(2)21(25)29)19(32-11-12-4-3-5-14(22)10-12)24-17(23-18)13-6-8-15(9-7-13)27(30)31/h3-10H,11H2,1-2H3. The van der Waals surface area contributed by atoms with Crippen LogP contribution < -0.4 is 11.2 Å². The molecule has 11 heteroatoms. The zero-order valence-corrected chi connectivity index (χ0v) is 18.6. The van der Waals surface area contributed by atoms with Crippen LogP contribution in [0.2, 0.25) is 5.02 Å². The molecule has 9 nitrogen and oxygen atoms in total. The van der Waals surface area contributed by atoms with E-state index in [1.165, 1.54) is 54.7 Å². The number of nitrogens with zero attached hydrogens (tertiary/aromatic N) is 5. The highest BCUT2D eigenvalue weighted by Gasteiger charge is 2.19. The second kappa shape index (κ2) is 8.56. The van der Waals surface area contributed by atoms with Gasteiger partial charge >= 0.3 is 5.69 Å². The summed E-state index contributed by atoms with van der Waals surface area (Å²) in [4.78, 5) is 44.9. The van der Waals surface area contributed by atoms with E-state index in [1.807, 2.05) is 18.2 Å². The Kier molecular flexibility index (Phi) is 5.81. The van der Waals surface area contributed by atoms with Crippen LogP contribution in [0.4, 0.5) is 5.69 Å². The van der Waals surface area contributed by atoms with Crippen LogP contribution >= 0.6 is 23.4 Å². The summed E-state index contributed by atoms with van der Waals surface area (Å²) < 4.78 is 2.30. The summed E-state index contributed by atoms with van der Waals surface area (Å²) in [6.45, 7) is 0. The van der Waals surface area contributed by atoms with Gasteiger partial charge in [-0.05, 0) is 29.8 Å². The molecule has 32 heavy (non-hydrogen) atoms. The first-order chi connectivity index (χ1) is 15.3. The predicted octanol–water partition coefficient (Wildman–Crippen LogP) is 3.55. The van der Waals surface area contributed by atoms with Gasteiger partial charge in [-0.25, -0.2) is 14.8 Å². The zero-order valence-electron chi connectivity index (χ0n) is 17.0. The molecular formula is C21H16ClN5O4S. The first-order valence-electron chi connectivity index (χ1n) is 9.36. The fourth-order valence-corrected chi connectivity index (χ4v) is 4.34. The summed E-state index contributed by atoms with van der Waals surface area (Å²) in [5.41, 5.74) is 0.581. The van der Waals surface area contributed by atoms with Gasteiger partial charge in [0.25, 0.3) is 11.2 Å². The van der Waals surface area contributed by atoms with Gasteiger partial charge in [0.1, 0.15) is 10.4 Å². The lowest BCUT2D eigenvalue weighted by Crippen LogP contribution is -2.37. The molecule has 0 atom stereocenters. The Bertz CT molecular complexity index is 1480. The fraction of sp³-hybridized carbons (Fsp3) is 0.143. The normalized spacial score (nSPS) is 11.1. The SMILES string of the molecule is Cn1c(=O)c2c(SCc3cccc(Cl)c3)nc(-c3ccc([N+](=O)[O-])cc3)nc2n(C)c1=O. The van der Waals surface area contributed by atoms with E-state index >= 15 is 0 Å². The Hall–Kier alpha value is -3.50. The maximum Gasteiger partial charge on any atom is 0.332 e. The molecule has 0 radical (unpaired) electrons. The zero-order chi connectivity index (χ0) is 23.0. The second-order valence-electron chi connectivity index (χ2n) is 6.98. The number of benzene rings is 2. The van der Waals surface area contributed by atoms with E-state index in [1.54, 1.807) is 6.07 Å². The maximum absolute atomic E-state index is 12.9. The largest absolute Gasteiger partial charge is 0.332 e. The van der Waals surface area contributed by atoms with Gasteiger partial charge in [0.15, 0.2) is 11.5 Å². The molecule has 162 valence electrons. The number of nitro groups is 1. The number of hydrogen-bond donors (Lipinski definition) is 0. The molecule has 0 saturated carbocycles. The van der Waals surface area contributed by atoms with E-state index in [-0.39, 0.29) is 22.5 Å². The smallest absolute Gasteiger partial charge is 0.280 e. The van der Waals surface area contributed by atoms with Crippen molar-refractivity contribution in [3.05, 3.63) is 90.1 Å². The fourth-order valence-electron chi connectivity index (χ4n) is 3.17. The average Bonchev–Trinajstić information content (AvgIpc) is 2.79. The Morgan fingerprint density at radius 2 is 1.78 bits per heavy atom. The number of hydrogen-bond acceptors (Lipinski definition) is 7. The average molecular weight is 470 g/mol. The van der Waals surface area contributed by atoms with E-state index in [2.05, 4.69) is 9.97 Å². The number of nitro benzene ring substituents is 1. The van der Waals surface area contributed by atoms with Gasteiger partial charge in [0, 0.05) is 42.6 Å². The van der Waals surface area contributed by atoms with Crippen molar-refractivity contribution in [2.75, 3.05) is 0 Å². The third-order valence-electron chi connectivity index (χ3n) is 4.87. The van der Waals surface area contributed by atoms with Crippen LogP contribution in [0, 0.1) is 10.1 Å². The highest BCUT2D eigenvalue weighted by Crippen LogP contribution is 2.29. The minimum atomic E-state index is -0.512. The summed E-state index contributed by atoms with van der Waals surface area (Å²) in [5, 5.41) is 12.2. The van der Waals surface area contributed by atoms with Crippen molar-refractivity contribution in [3.63, 3.8) is 0 Å². The van der Waals surface area contributed by atoms with Crippen LogP contribution in [0.3, 0.4) is 0 Å². The Balaban J connectivity index is 1.90. The molecule has 0 amide bonds. The Morgan fingerprint density at radius 1 is 1.06 bits per heavy atom. The van der Waals surface area contributed by atoms with Gasteiger partial charge in [0.05, 0.1) is 4.92 Å². The molecule has 2 aromatic heterocycles. The van der Waals surface area contributed by atoms with E-state index in [0.29, 0.717) is 21.4 Å². The summed E-state index contributed by atoms with van der Waals surface area (Å²) in [6, 6.07) is 13.1. The molecule has 0 saturated heterocycles. The number of rotatable bonds is 5. The monoisotopic (exact) mass is 469 g/mol. The summed E-state index contributed by atoms with van der Waals surface area (Å²) in [7, 11) is 2.93. The van der Waals surface area contributed by atoms with Crippen LogP contribution in [0.5, 0.6) is 0 Å². The Labute approximate surface area is 190 Å². The molecule has 0 aliphatic heterocycles. The van der Waals surface area contributed by atoms with Crippen LogP contribution in [0.25, 0.3) is 22.4 Å². The number of non-ortho nitro benzene ring substituents is 1. The molecule has 0 aliphatic rings. The lowest BCUT2D eigenvalue weighted by Gasteiger charge is -2.12. The van der Waals surface area contributed by atoms with E-state index in [4.69, 9.17) is 11.6 Å². The van der Waals surface area contributed by atoms with Crippen molar-refractivity contribution in [1.29, 1.82) is 0 Å². The van der Waals surface area contributed by atoms with Crippen LogP contribution in [0.15, 0.2) is 63.1 Å². The minimum Gasteiger partial charge on any atom is -0.280 e. The molecule has 0 bridgehead atoms. The first-order valence-corrected chi connectivity index (χ1v) is 10.7. The summed E-state index contributed by atoms with van der Waals surface area (Å²) >= 11 is 7.39. The quantitative estimate of drug-likeness (QED) is 0.190. The topological polar surface area (TPSA) is 113 Å². The molecular weight excluding hydrogens is 454 g/mol. The van der Waals surface area contributed by atoms with Gasteiger partial charge in [-0.3, -0.25) is 24.0 Å². The number of thioether (sulfide) groups is 1. The lowest BCUT2D eigenvalue weighted by molar-refractivity contribution is -0.384. The maximum atomic E-state index is 12.9. The molecule has 0 fully saturated rings. The van der Waals surface area contributed by atoms with E-state index in [0.717, 1.165) is 10.1 Å². The highest BCUT2D eigenvalue weighted by atomic mass is 35.5. The molecule has 0 N–H and O–H groups in total. The molecule has 0 unspecified atom stereocenters. The lowest BCUT2D eigenvalue weighted by atomic mass is 10.2. The molecule has 4 rings (SSSR count). The number of fused-ring (bicyclic) bond motifs is 1. The number of aryl methyl sites for hydroxylation is 1. The Morgan fingerprint density at radius 3 is 2.44 bits per heavy atom. The van der Waals surface area contributed by atoms with Crippen LogP contribution in [-0.4, -0.2) is 24.0 Å². The number of aromatic nitrogens is 4. The van der Waals surface area contributed by atoms with Crippen molar-refractivity contribution in [1.82, 2.24) is 19.1 Å². The van der Waals surface area contributed by atoms with E-state index < -0.39 is 16.2 Å². The van der Waals surface area contributed by atoms with Crippen molar-refractivity contribution in [2.45, 2.75) is 10.8 Å². The van der Waals surface area contributed by atoms with Crippen LogP contribution in [-0.2, 0) is 19.8 Å². The van der Waals surface area contributed by atoms with Gasteiger partial charge in [-0.1, -0.05) is 23.7 Å². The molecule has 4 aromatic rings. The highest BCUT2D eigenvalue weighted by molar-refractivity contribution is 7.98. The molecule has 2 heterocycles. The third kappa shape index (κ3) is 4.02. The molecule has 0 aliphatic carbocycles. The van der Waals surface area contributed by atoms with Crippen molar-refractivity contribution >= 4 is 40.1 Å². The molecule has 0 spiro atoms. The van der Waals surface area contributed by atoms with Gasteiger partial charge in [-0.2, -0.15) is 0 Å². The van der Waals surface area contributed by atoms with E-state index in [9.17, 15) is 19.7 Å². The number of halogens is 1. The second-order valence-corrected chi connectivity index (χ2v) is 8.38. The summed E-state index contributed by atoms with van der Waals surface area (Å²) in [5.74, 6) is 0.738. The van der Waals surface area contributed by atoms with Crippen molar-refractivity contribution in [3.8, 4) is 11.4 Å². The van der Waals surface area contributed by atoms with Gasteiger partial charge in [-0.15, -0.1) is 11.8 Å². The van der Waals surface area contributed by atoms with Crippen molar-refractivity contribution in [2.24, 2.45) is 14.1 Å². The van der Waals surface area contributed by atoms with Gasteiger partial charge < -0.3 is 0 Å². The molecule has 2 aromatic carbocycles. The first kappa shape index (κ1) is 21.7. The summed E-state index contributed by atoms with van der Waals surface area (Å²) in [6.07, 6.45) is 0. The van der Waals surface area contributed by atoms with Crippen LogP contribution in [0.1, 0.15) is 5.56 Å². The third-order valence-corrected chi connectivity index (χ3v) is 6.15.